The number of nitrogens with zero attached hydrogens (tertiary/aromatic N) is 5. The Bertz CT molecular complexity index is 1470. The molecule has 44 heavy (non-hydrogen) atoms. The van der Waals surface area contributed by atoms with E-state index in [4.69, 9.17) is 4.74 Å². The first kappa shape index (κ1) is 31.6. The Morgan fingerprint density at radius 2 is 1.89 bits per heavy atom. The predicted octanol–water partition coefficient (Wildman–Crippen LogP) is 5.95. The second kappa shape index (κ2) is 13.5. The third-order valence-electron chi connectivity index (χ3n) is 8.13. The molecule has 0 radical (unpaired) electrons. The summed E-state index contributed by atoms with van der Waals surface area (Å²) in [5.41, 5.74) is -0.155. The summed E-state index contributed by atoms with van der Waals surface area (Å²) in [4.78, 5) is 42.6. The van der Waals surface area contributed by atoms with Gasteiger partial charge in [-0.25, -0.2) is 15.0 Å². The maximum atomic E-state index is 14.0. The summed E-state index contributed by atoms with van der Waals surface area (Å²) >= 11 is 1.23. The minimum Gasteiger partial charge on any atom is -0.493 e. The molecule has 0 bridgehead atoms. The van der Waals surface area contributed by atoms with Gasteiger partial charge in [-0.15, -0.1) is 0 Å². The predicted molar refractivity (Wildman–Crippen MR) is 160 cm³/mol. The van der Waals surface area contributed by atoms with Crippen molar-refractivity contribution in [2.45, 2.75) is 64.7 Å². The molecule has 0 unspecified atom stereocenters. The number of carboxylic acids is 1. The van der Waals surface area contributed by atoms with Crippen molar-refractivity contribution in [2.24, 2.45) is 5.92 Å². The number of carboxylic acid groups (broad SMARTS) is 1. The number of aliphatic carboxylic acids is 1. The normalized spacial score (nSPS) is 18.0. The first-order valence-electron chi connectivity index (χ1n) is 14.8. The molecular formula is C30H35F3N6O4S. The summed E-state index contributed by atoms with van der Waals surface area (Å²) < 4.78 is 47.1. The van der Waals surface area contributed by atoms with Crippen LogP contribution in [0.1, 0.15) is 66.9 Å². The highest BCUT2D eigenvalue weighted by Crippen LogP contribution is 2.41. The summed E-state index contributed by atoms with van der Waals surface area (Å²) in [7, 11) is 0. The van der Waals surface area contributed by atoms with E-state index in [-0.39, 0.29) is 34.7 Å². The molecule has 0 spiro atoms. The van der Waals surface area contributed by atoms with E-state index < -0.39 is 23.6 Å². The van der Waals surface area contributed by atoms with Crippen molar-refractivity contribution in [2.75, 3.05) is 36.5 Å². The molecule has 4 heterocycles. The Labute approximate surface area is 257 Å². The Morgan fingerprint density at radius 1 is 1.11 bits per heavy atom. The average Bonchev–Trinajstić information content (AvgIpc) is 3.63. The third kappa shape index (κ3) is 7.12. The molecule has 1 atom stereocenters. The Kier molecular flexibility index (Phi) is 9.68. The number of rotatable bonds is 10. The first-order chi connectivity index (χ1) is 21.1. The lowest BCUT2D eigenvalue weighted by atomic mass is 9.97. The van der Waals surface area contributed by atoms with Gasteiger partial charge in [0, 0.05) is 36.1 Å². The van der Waals surface area contributed by atoms with Crippen LogP contribution in [0.5, 0.6) is 5.75 Å². The molecule has 10 nitrogen and oxygen atoms in total. The number of carbonyl (C=O) groups excluding carboxylic acids is 1. The zero-order valence-corrected chi connectivity index (χ0v) is 25.4. The van der Waals surface area contributed by atoms with Gasteiger partial charge in [-0.05, 0) is 63.8 Å². The van der Waals surface area contributed by atoms with Gasteiger partial charge in [-0.3, -0.25) is 19.8 Å². The fraction of sp³-hybridized carbons (Fsp3) is 0.500. The second-order valence-corrected chi connectivity index (χ2v) is 12.0. The number of halogens is 3. The SMILES string of the molecule is CCOc1ccc(-c2nc(NC(=O)c3cnc(N4CCC(C(=O)O)CC4)cn3)sc2CN2CCC[C@H]2CC)cc1C(F)(F)F. The molecule has 2 saturated heterocycles. The highest BCUT2D eigenvalue weighted by atomic mass is 32.1. The number of anilines is 2. The largest absolute Gasteiger partial charge is 0.493 e. The van der Waals surface area contributed by atoms with Gasteiger partial charge >= 0.3 is 12.1 Å². The highest BCUT2D eigenvalue weighted by molar-refractivity contribution is 7.16. The lowest BCUT2D eigenvalue weighted by molar-refractivity contribution is -0.142. The van der Waals surface area contributed by atoms with Gasteiger partial charge < -0.3 is 14.7 Å². The van der Waals surface area contributed by atoms with E-state index in [1.165, 1.54) is 29.8 Å². The minimum absolute atomic E-state index is 0.0542. The molecule has 2 aliphatic rings. The van der Waals surface area contributed by atoms with Gasteiger partial charge in [-0.2, -0.15) is 13.2 Å². The Morgan fingerprint density at radius 3 is 2.52 bits per heavy atom. The smallest absolute Gasteiger partial charge is 0.419 e. The number of thiazole rings is 1. The number of hydrogen-bond acceptors (Lipinski definition) is 9. The van der Waals surface area contributed by atoms with E-state index in [2.05, 4.69) is 32.1 Å². The standard InChI is InChI=1S/C30H35F3N6O4S/c1-3-20-6-5-11-39(20)17-24-26(19-7-8-23(43-4-2)21(14-19)30(31,32)33)36-29(44-24)37-27(40)22-15-35-25(16-34-22)38-12-9-18(10-13-38)28(41)42/h7-8,14-16,18,20H,3-6,9-13,17H2,1-2H3,(H,41,42)(H,36,37,40)/t20-/m1/s1. The maximum absolute atomic E-state index is 14.0. The van der Waals surface area contributed by atoms with E-state index >= 15 is 0 Å². The molecule has 2 aromatic heterocycles. The highest BCUT2D eigenvalue weighted by Gasteiger charge is 2.35. The van der Waals surface area contributed by atoms with Crippen LogP contribution < -0.4 is 15.0 Å². The first-order valence-corrected chi connectivity index (χ1v) is 15.6. The molecular weight excluding hydrogens is 597 g/mol. The number of amides is 1. The van der Waals surface area contributed by atoms with Crippen molar-refractivity contribution >= 4 is 34.2 Å². The molecule has 0 aliphatic carbocycles. The molecule has 0 saturated carbocycles. The summed E-state index contributed by atoms with van der Waals surface area (Å²) in [5, 5.41) is 12.2. The minimum atomic E-state index is -4.62. The summed E-state index contributed by atoms with van der Waals surface area (Å²) in [5.74, 6) is -1.41. The van der Waals surface area contributed by atoms with E-state index in [1.54, 1.807) is 13.0 Å². The Balaban J connectivity index is 1.38. The number of alkyl halides is 3. The van der Waals surface area contributed by atoms with Crippen molar-refractivity contribution in [1.82, 2.24) is 19.9 Å². The molecule has 236 valence electrons. The zero-order valence-electron chi connectivity index (χ0n) is 24.6. The topological polar surface area (TPSA) is 121 Å². The van der Waals surface area contributed by atoms with Crippen LogP contribution in [0.4, 0.5) is 24.1 Å². The van der Waals surface area contributed by atoms with Crippen molar-refractivity contribution < 1.29 is 32.6 Å². The van der Waals surface area contributed by atoms with E-state index in [1.807, 2.05) is 4.90 Å². The number of aromatic nitrogens is 3. The number of ether oxygens (including phenoxy) is 1. The molecule has 1 amide bonds. The molecule has 2 aliphatic heterocycles. The second-order valence-electron chi connectivity index (χ2n) is 10.9. The summed E-state index contributed by atoms with van der Waals surface area (Å²) in [6.07, 6.45) is 2.28. The number of piperidine rings is 1. The number of nitrogens with one attached hydrogen (secondary N) is 1. The van der Waals surface area contributed by atoms with Gasteiger partial charge in [0.25, 0.3) is 5.91 Å². The molecule has 3 aromatic rings. The van der Waals surface area contributed by atoms with Crippen LogP contribution >= 0.6 is 11.3 Å². The molecule has 5 rings (SSSR count). The number of likely N-dealkylation sites (tertiary alicyclic amines) is 1. The van der Waals surface area contributed by atoms with Crippen molar-refractivity contribution in [3.05, 3.63) is 46.7 Å². The van der Waals surface area contributed by atoms with Gasteiger partial charge in [0.05, 0.1) is 36.2 Å². The number of hydrogen-bond donors (Lipinski definition) is 2. The van der Waals surface area contributed by atoms with Crippen LogP contribution in [0, 0.1) is 5.92 Å². The fourth-order valence-electron chi connectivity index (χ4n) is 5.79. The van der Waals surface area contributed by atoms with Crippen LogP contribution in [0.3, 0.4) is 0 Å². The quantitative estimate of drug-likeness (QED) is 0.280. The van der Waals surface area contributed by atoms with Crippen LogP contribution in [0.15, 0.2) is 30.6 Å². The van der Waals surface area contributed by atoms with Crippen molar-refractivity contribution in [3.8, 4) is 17.0 Å². The molecule has 2 N–H and O–H groups in total. The third-order valence-corrected chi connectivity index (χ3v) is 9.09. The van der Waals surface area contributed by atoms with E-state index in [0.29, 0.717) is 50.0 Å². The maximum Gasteiger partial charge on any atom is 0.419 e. The van der Waals surface area contributed by atoms with Crippen LogP contribution in [0.2, 0.25) is 0 Å². The molecule has 14 heteroatoms. The Hall–Kier alpha value is -3.78. The number of benzene rings is 1. The van der Waals surface area contributed by atoms with Gasteiger partial charge in [0.15, 0.2) is 5.13 Å². The van der Waals surface area contributed by atoms with Crippen LogP contribution in [-0.4, -0.2) is 69.1 Å². The average molecular weight is 633 g/mol. The van der Waals surface area contributed by atoms with Gasteiger partial charge in [-0.1, -0.05) is 18.3 Å². The summed E-state index contributed by atoms with van der Waals surface area (Å²) in [6, 6.07) is 4.31. The fourth-order valence-corrected chi connectivity index (χ4v) is 6.79. The van der Waals surface area contributed by atoms with Crippen molar-refractivity contribution in [3.63, 3.8) is 0 Å². The van der Waals surface area contributed by atoms with Crippen molar-refractivity contribution in [1.29, 1.82) is 0 Å². The molecule has 2 fully saturated rings. The summed E-state index contributed by atoms with van der Waals surface area (Å²) in [6.45, 7) is 6.28. The van der Waals surface area contributed by atoms with E-state index in [0.717, 1.165) is 36.8 Å². The lowest BCUT2D eigenvalue weighted by Crippen LogP contribution is -2.36. The zero-order chi connectivity index (χ0) is 31.4. The molecule has 1 aromatic carbocycles. The van der Waals surface area contributed by atoms with Crippen LogP contribution in [0.25, 0.3) is 11.3 Å². The van der Waals surface area contributed by atoms with Gasteiger partial charge in [0.2, 0.25) is 0 Å². The van der Waals surface area contributed by atoms with Gasteiger partial charge in [0.1, 0.15) is 17.3 Å². The van der Waals surface area contributed by atoms with E-state index in [9.17, 15) is 27.9 Å². The lowest BCUT2D eigenvalue weighted by Gasteiger charge is -2.30. The van der Waals surface area contributed by atoms with Crippen LogP contribution in [-0.2, 0) is 17.5 Å². The monoisotopic (exact) mass is 632 g/mol. The number of carbonyl (C=O) groups is 2.